The molecule has 1 rings (SSSR count). The highest BCUT2D eigenvalue weighted by molar-refractivity contribution is 5.58. The molecule has 0 fully saturated rings. The molecule has 4 heteroatoms. The lowest BCUT2D eigenvalue weighted by Gasteiger charge is -2.29. The second-order valence-electron chi connectivity index (χ2n) is 5.64. The Bertz CT molecular complexity index is 488. The molecular weight excluding hydrogens is 260 g/mol. The van der Waals surface area contributed by atoms with Crippen molar-refractivity contribution in [2.24, 2.45) is 0 Å². The van der Waals surface area contributed by atoms with Crippen LogP contribution in [0.25, 0.3) is 0 Å². The van der Waals surface area contributed by atoms with Crippen molar-refractivity contribution < 1.29 is 0 Å². The average Bonchev–Trinajstić information content (AvgIpc) is 2.49. The number of hydrogen-bond donors (Lipinski definition) is 0. The topological polar surface area (TPSA) is 52.8 Å². The molecule has 0 radical (unpaired) electrons. The van der Waals surface area contributed by atoms with E-state index in [0.29, 0.717) is 6.04 Å². The van der Waals surface area contributed by atoms with Gasteiger partial charge in [0, 0.05) is 12.6 Å². The van der Waals surface area contributed by atoms with E-state index in [4.69, 9.17) is 0 Å². The second-order valence-corrected chi connectivity index (χ2v) is 5.64. The van der Waals surface area contributed by atoms with Gasteiger partial charge in [-0.15, -0.1) is 5.10 Å². The number of aromatic nitrogens is 2. The van der Waals surface area contributed by atoms with Crippen molar-refractivity contribution in [2.75, 3.05) is 11.4 Å². The van der Waals surface area contributed by atoms with Crippen molar-refractivity contribution >= 4 is 5.82 Å². The maximum atomic E-state index is 9.61. The van der Waals surface area contributed by atoms with Gasteiger partial charge in [0.1, 0.15) is 11.6 Å². The maximum Gasteiger partial charge on any atom is 0.169 e. The summed E-state index contributed by atoms with van der Waals surface area (Å²) >= 11 is 0. The first-order valence-corrected chi connectivity index (χ1v) is 8.15. The molecule has 0 atom stereocenters. The summed E-state index contributed by atoms with van der Waals surface area (Å²) in [4.78, 5) is 2.22. The SMILES string of the molecule is CCCCCN(c1nnc(CC)c(CC)c1C#N)C(C)C. The van der Waals surface area contributed by atoms with Gasteiger partial charge in [0.25, 0.3) is 0 Å². The first kappa shape index (κ1) is 17.4. The summed E-state index contributed by atoms with van der Waals surface area (Å²) in [5.74, 6) is 0.762. The van der Waals surface area contributed by atoms with Crippen LogP contribution in [0.15, 0.2) is 0 Å². The Morgan fingerprint density at radius 1 is 1.10 bits per heavy atom. The van der Waals surface area contributed by atoms with Gasteiger partial charge in [-0.1, -0.05) is 33.6 Å². The van der Waals surface area contributed by atoms with Crippen molar-refractivity contribution in [3.63, 3.8) is 0 Å². The van der Waals surface area contributed by atoms with Crippen molar-refractivity contribution in [3.8, 4) is 6.07 Å². The molecule has 116 valence electrons. The van der Waals surface area contributed by atoms with Crippen molar-refractivity contribution in [1.82, 2.24) is 10.2 Å². The van der Waals surface area contributed by atoms with Crippen LogP contribution in [-0.2, 0) is 12.8 Å². The molecule has 0 amide bonds. The molecule has 0 bridgehead atoms. The molecule has 1 aromatic rings. The monoisotopic (exact) mass is 288 g/mol. The predicted molar refractivity (Wildman–Crippen MR) is 87.5 cm³/mol. The van der Waals surface area contributed by atoms with Gasteiger partial charge >= 0.3 is 0 Å². The number of nitrogens with zero attached hydrogens (tertiary/aromatic N) is 4. The molecule has 21 heavy (non-hydrogen) atoms. The molecule has 1 aromatic heterocycles. The highest BCUT2D eigenvalue weighted by Gasteiger charge is 2.20. The van der Waals surface area contributed by atoms with E-state index in [1.54, 1.807) is 0 Å². The van der Waals surface area contributed by atoms with Crippen LogP contribution in [0.3, 0.4) is 0 Å². The summed E-state index contributed by atoms with van der Waals surface area (Å²) in [6.07, 6.45) is 5.17. The molecule has 0 N–H and O–H groups in total. The van der Waals surface area contributed by atoms with Gasteiger partial charge in [-0.2, -0.15) is 10.4 Å². The first-order valence-electron chi connectivity index (χ1n) is 8.15. The van der Waals surface area contributed by atoms with Crippen LogP contribution in [0.1, 0.15) is 70.7 Å². The third-order valence-electron chi connectivity index (χ3n) is 3.84. The fourth-order valence-corrected chi connectivity index (χ4v) is 2.62. The van der Waals surface area contributed by atoms with Crippen LogP contribution in [0, 0.1) is 11.3 Å². The van der Waals surface area contributed by atoms with Gasteiger partial charge < -0.3 is 4.90 Å². The molecule has 1 heterocycles. The summed E-state index contributed by atoms with van der Waals surface area (Å²) < 4.78 is 0. The summed E-state index contributed by atoms with van der Waals surface area (Å²) in [7, 11) is 0. The number of aryl methyl sites for hydroxylation is 1. The lowest BCUT2D eigenvalue weighted by atomic mass is 10.0. The zero-order valence-electron chi connectivity index (χ0n) is 14.1. The van der Waals surface area contributed by atoms with Crippen molar-refractivity contribution in [1.29, 1.82) is 5.26 Å². The summed E-state index contributed by atoms with van der Waals surface area (Å²) in [5.41, 5.74) is 2.73. The van der Waals surface area contributed by atoms with Crippen LogP contribution in [0.4, 0.5) is 5.82 Å². The predicted octanol–water partition coefficient (Wildman–Crippen LogP) is 3.88. The molecule has 0 saturated heterocycles. The van der Waals surface area contributed by atoms with E-state index in [-0.39, 0.29) is 0 Å². The van der Waals surface area contributed by atoms with Gasteiger partial charge in [-0.3, -0.25) is 0 Å². The van der Waals surface area contributed by atoms with E-state index in [1.165, 1.54) is 12.8 Å². The van der Waals surface area contributed by atoms with Crippen LogP contribution < -0.4 is 4.90 Å². The molecule has 0 saturated carbocycles. The molecule has 0 aliphatic heterocycles. The van der Waals surface area contributed by atoms with Gasteiger partial charge in [-0.25, -0.2) is 0 Å². The van der Waals surface area contributed by atoms with Gasteiger partial charge in [0.15, 0.2) is 5.82 Å². The molecule has 0 aromatic carbocycles. The minimum Gasteiger partial charge on any atom is -0.352 e. The van der Waals surface area contributed by atoms with Gasteiger partial charge in [-0.05, 0) is 38.7 Å². The largest absolute Gasteiger partial charge is 0.352 e. The number of hydrogen-bond acceptors (Lipinski definition) is 4. The second kappa shape index (κ2) is 8.61. The Hall–Kier alpha value is -1.63. The summed E-state index contributed by atoms with van der Waals surface area (Å²) in [6.45, 7) is 11.6. The average molecular weight is 288 g/mol. The van der Waals surface area contributed by atoms with Crippen LogP contribution >= 0.6 is 0 Å². The third-order valence-corrected chi connectivity index (χ3v) is 3.84. The van der Waals surface area contributed by atoms with Crippen molar-refractivity contribution in [2.45, 2.75) is 72.8 Å². The summed E-state index contributed by atoms with van der Waals surface area (Å²) in [6, 6.07) is 2.69. The third kappa shape index (κ3) is 4.17. The van der Waals surface area contributed by atoms with Crippen molar-refractivity contribution in [3.05, 3.63) is 16.8 Å². The van der Waals surface area contributed by atoms with E-state index in [0.717, 1.165) is 48.4 Å². The molecular formula is C17H28N4. The highest BCUT2D eigenvalue weighted by Crippen LogP contribution is 2.25. The Balaban J connectivity index is 3.22. The van der Waals surface area contributed by atoms with Gasteiger partial charge in [0.05, 0.1) is 5.69 Å². The normalized spacial score (nSPS) is 10.7. The molecule has 0 aliphatic rings. The molecule has 0 spiro atoms. The fourth-order valence-electron chi connectivity index (χ4n) is 2.62. The minimum absolute atomic E-state index is 0.320. The highest BCUT2D eigenvalue weighted by atomic mass is 15.3. The number of unbranched alkanes of at least 4 members (excludes halogenated alkanes) is 2. The van der Waals surface area contributed by atoms with E-state index >= 15 is 0 Å². The number of rotatable bonds is 8. The Morgan fingerprint density at radius 2 is 1.81 bits per heavy atom. The first-order chi connectivity index (χ1) is 10.1. The number of nitriles is 1. The molecule has 4 nitrogen and oxygen atoms in total. The fraction of sp³-hybridized carbons (Fsp3) is 0.706. The number of anilines is 1. The Morgan fingerprint density at radius 3 is 2.29 bits per heavy atom. The quantitative estimate of drug-likeness (QED) is 0.681. The van der Waals surface area contributed by atoms with Crippen LogP contribution in [-0.4, -0.2) is 22.8 Å². The van der Waals surface area contributed by atoms with E-state index in [9.17, 15) is 5.26 Å². The Labute approximate surface area is 129 Å². The van der Waals surface area contributed by atoms with Crippen LogP contribution in [0.2, 0.25) is 0 Å². The lowest BCUT2D eigenvalue weighted by molar-refractivity contribution is 0.613. The lowest BCUT2D eigenvalue weighted by Crippen LogP contribution is -2.34. The molecule has 0 aliphatic carbocycles. The van der Waals surface area contributed by atoms with E-state index in [2.05, 4.69) is 55.8 Å². The minimum atomic E-state index is 0.320. The maximum absolute atomic E-state index is 9.61. The smallest absolute Gasteiger partial charge is 0.169 e. The molecule has 0 unspecified atom stereocenters. The zero-order chi connectivity index (χ0) is 15.8. The van der Waals surface area contributed by atoms with Crippen LogP contribution in [0.5, 0.6) is 0 Å². The van der Waals surface area contributed by atoms with E-state index in [1.807, 2.05) is 0 Å². The standard InChI is InChI=1S/C17H28N4/c1-6-9-10-11-21(13(4)5)17-15(12-18)14(7-2)16(8-3)19-20-17/h13H,6-11H2,1-5H3. The van der Waals surface area contributed by atoms with E-state index < -0.39 is 0 Å². The Kier molecular flexibility index (Phi) is 7.14. The van der Waals surface area contributed by atoms with Gasteiger partial charge in [0.2, 0.25) is 0 Å². The zero-order valence-corrected chi connectivity index (χ0v) is 14.1. The summed E-state index contributed by atoms with van der Waals surface area (Å²) in [5, 5.41) is 18.4.